The van der Waals surface area contributed by atoms with Crippen molar-refractivity contribution in [3.8, 4) is 11.5 Å². The van der Waals surface area contributed by atoms with Gasteiger partial charge in [0.2, 0.25) is 5.91 Å². The molecule has 0 saturated carbocycles. The van der Waals surface area contributed by atoms with Crippen LogP contribution in [-0.4, -0.2) is 88.2 Å². The van der Waals surface area contributed by atoms with Crippen LogP contribution < -0.4 is 9.16 Å². The number of rotatable bonds is 14. The average Bonchev–Trinajstić information content (AvgIpc) is 3.42. The van der Waals surface area contributed by atoms with Gasteiger partial charge in [-0.05, 0) is 77.2 Å². The largest absolute Gasteiger partial charge is 0.543 e. The molecule has 1 unspecified atom stereocenters. The molecule has 250 valence electrons. The van der Waals surface area contributed by atoms with Crippen LogP contribution in [0.25, 0.3) is 6.08 Å². The van der Waals surface area contributed by atoms with Crippen LogP contribution in [0.15, 0.2) is 42.6 Å². The number of aryl methyl sites for hydroxylation is 1. The molecule has 1 fully saturated rings. The van der Waals surface area contributed by atoms with Crippen molar-refractivity contribution in [1.29, 1.82) is 0 Å². The van der Waals surface area contributed by atoms with Crippen molar-refractivity contribution < 1.29 is 18.3 Å². The summed E-state index contributed by atoms with van der Waals surface area (Å²) in [7, 11) is -2.16. The van der Waals surface area contributed by atoms with Gasteiger partial charge in [0.15, 0.2) is 5.82 Å². The Hall–Kier alpha value is -3.64. The number of hydrogen-bond donors (Lipinski definition) is 0. The third-order valence-electron chi connectivity index (χ3n) is 8.91. The maximum absolute atomic E-state index is 13.4. The number of piperazine rings is 1. The van der Waals surface area contributed by atoms with E-state index < -0.39 is 15.0 Å². The molecule has 12 heteroatoms. The predicted molar refractivity (Wildman–Crippen MR) is 181 cm³/mol. The van der Waals surface area contributed by atoms with Crippen molar-refractivity contribution in [3.05, 3.63) is 65.2 Å². The standard InChI is InChI=1S/C34H50FN7O3Si/c1-24(2)46(25(3)4,26(5)6)45-32-12-9-29(30(19-32)22-42-38-28(8)37-39-42)10-14-34(43)41-17-16-40(21-27(41)7)23-31-11-13-33(20-36-31)44-18-15-35/h9-14,19-20,24-27H,15-18,21-23H2,1-8H3/b14-10+. The van der Waals surface area contributed by atoms with Crippen molar-refractivity contribution >= 4 is 20.3 Å². The zero-order valence-electron chi connectivity index (χ0n) is 28.6. The highest BCUT2D eigenvalue weighted by Gasteiger charge is 2.47. The number of hydrogen-bond acceptors (Lipinski definition) is 8. The lowest BCUT2D eigenvalue weighted by atomic mass is 10.1. The van der Waals surface area contributed by atoms with Crippen LogP contribution in [-0.2, 0) is 17.9 Å². The number of nitrogens with zero attached hydrogens (tertiary/aromatic N) is 7. The molecule has 1 saturated heterocycles. The monoisotopic (exact) mass is 651 g/mol. The number of tetrazole rings is 1. The topological polar surface area (TPSA) is 98.5 Å². The third kappa shape index (κ3) is 8.58. The van der Waals surface area contributed by atoms with Gasteiger partial charge in [-0.25, -0.2) is 4.39 Å². The van der Waals surface area contributed by atoms with Gasteiger partial charge in [0.1, 0.15) is 24.8 Å². The first-order chi connectivity index (χ1) is 21.9. The first kappa shape index (κ1) is 35.2. The Morgan fingerprint density at radius 2 is 1.76 bits per heavy atom. The minimum Gasteiger partial charge on any atom is -0.543 e. The Kier molecular flexibility index (Phi) is 12.1. The summed E-state index contributed by atoms with van der Waals surface area (Å²) in [5.41, 5.74) is 4.12. The van der Waals surface area contributed by atoms with Gasteiger partial charge in [0, 0.05) is 38.3 Å². The molecule has 0 spiro atoms. The maximum atomic E-state index is 13.4. The van der Waals surface area contributed by atoms with Crippen molar-refractivity contribution in [3.63, 3.8) is 0 Å². The van der Waals surface area contributed by atoms with E-state index in [-0.39, 0.29) is 18.6 Å². The molecule has 1 amide bonds. The van der Waals surface area contributed by atoms with E-state index in [2.05, 4.69) is 79.8 Å². The number of halogens is 1. The first-order valence-corrected chi connectivity index (χ1v) is 18.5. The van der Waals surface area contributed by atoms with Crippen molar-refractivity contribution in [2.24, 2.45) is 0 Å². The highest BCUT2D eigenvalue weighted by Crippen LogP contribution is 2.43. The molecule has 1 aromatic carbocycles. The Balaban J connectivity index is 1.47. The minimum absolute atomic E-state index is 0.0218. The Morgan fingerprint density at radius 3 is 2.35 bits per heavy atom. The van der Waals surface area contributed by atoms with E-state index in [9.17, 15) is 9.18 Å². The summed E-state index contributed by atoms with van der Waals surface area (Å²) in [5.74, 6) is 1.99. The average molecular weight is 652 g/mol. The SMILES string of the molecule is Cc1nnn(Cc2cc(O[Si](C(C)C)(C(C)C)C(C)C)ccc2/C=C/C(=O)N2CCN(Cc3ccc(OCCF)cn3)CC2C)n1. The Morgan fingerprint density at radius 1 is 1.04 bits per heavy atom. The normalized spacial score (nSPS) is 16.3. The molecule has 0 aliphatic carbocycles. The van der Waals surface area contributed by atoms with E-state index in [4.69, 9.17) is 9.16 Å². The van der Waals surface area contributed by atoms with Gasteiger partial charge in [0.05, 0.1) is 18.4 Å². The van der Waals surface area contributed by atoms with E-state index in [0.29, 0.717) is 47.8 Å². The quantitative estimate of drug-likeness (QED) is 0.153. The molecule has 0 radical (unpaired) electrons. The summed E-state index contributed by atoms with van der Waals surface area (Å²) in [6.07, 6.45) is 5.18. The van der Waals surface area contributed by atoms with Gasteiger partial charge in [0.25, 0.3) is 8.32 Å². The second-order valence-electron chi connectivity index (χ2n) is 13.1. The fourth-order valence-electron chi connectivity index (χ4n) is 6.78. The van der Waals surface area contributed by atoms with E-state index in [1.807, 2.05) is 42.2 Å². The van der Waals surface area contributed by atoms with Crippen LogP contribution in [0.2, 0.25) is 16.6 Å². The fraction of sp³-hybridized carbons (Fsp3) is 0.559. The molecule has 46 heavy (non-hydrogen) atoms. The lowest BCUT2D eigenvalue weighted by Gasteiger charge is -2.42. The minimum atomic E-state index is -2.16. The smallest absolute Gasteiger partial charge is 0.258 e. The summed E-state index contributed by atoms with van der Waals surface area (Å²) >= 11 is 0. The fourth-order valence-corrected chi connectivity index (χ4v) is 12.0. The molecular formula is C34H50FN7O3Si. The van der Waals surface area contributed by atoms with Crippen LogP contribution in [0, 0.1) is 6.92 Å². The van der Waals surface area contributed by atoms with Crippen molar-refractivity contribution in [2.45, 2.75) is 91.1 Å². The van der Waals surface area contributed by atoms with Crippen LogP contribution in [0.1, 0.15) is 71.1 Å². The summed E-state index contributed by atoms with van der Waals surface area (Å²) in [5, 5.41) is 12.6. The second kappa shape index (κ2) is 15.8. The summed E-state index contributed by atoms with van der Waals surface area (Å²) in [4.78, 5) is 23.7. The summed E-state index contributed by atoms with van der Waals surface area (Å²) in [6, 6.07) is 9.89. The van der Waals surface area contributed by atoms with Gasteiger partial charge in [-0.1, -0.05) is 47.6 Å². The molecule has 1 aliphatic heterocycles. The van der Waals surface area contributed by atoms with Crippen molar-refractivity contribution in [2.75, 3.05) is 32.9 Å². The zero-order chi connectivity index (χ0) is 33.4. The predicted octanol–water partition coefficient (Wildman–Crippen LogP) is 6.07. The van der Waals surface area contributed by atoms with Crippen LogP contribution in [0.4, 0.5) is 4.39 Å². The number of alkyl halides is 1. The van der Waals surface area contributed by atoms with Gasteiger partial charge in [-0.3, -0.25) is 14.7 Å². The van der Waals surface area contributed by atoms with Gasteiger partial charge in [-0.2, -0.15) is 4.80 Å². The molecule has 2 aromatic heterocycles. The third-order valence-corrected chi connectivity index (χ3v) is 14.9. The number of aromatic nitrogens is 5. The number of carbonyl (C=O) groups excluding carboxylic acids is 1. The molecule has 4 rings (SSSR count). The van der Waals surface area contributed by atoms with E-state index in [0.717, 1.165) is 35.7 Å². The molecule has 3 heterocycles. The summed E-state index contributed by atoms with van der Waals surface area (Å²) < 4.78 is 24.6. The van der Waals surface area contributed by atoms with Gasteiger partial charge < -0.3 is 14.1 Å². The highest BCUT2D eigenvalue weighted by molar-refractivity contribution is 6.78. The Bertz CT molecular complexity index is 1440. The first-order valence-electron chi connectivity index (χ1n) is 16.3. The van der Waals surface area contributed by atoms with Gasteiger partial charge >= 0.3 is 0 Å². The molecule has 3 aromatic rings. The maximum Gasteiger partial charge on any atom is 0.258 e. The van der Waals surface area contributed by atoms with Crippen LogP contribution in [0.5, 0.6) is 11.5 Å². The molecule has 0 bridgehead atoms. The van der Waals surface area contributed by atoms with Crippen molar-refractivity contribution in [1.82, 2.24) is 35.0 Å². The summed E-state index contributed by atoms with van der Waals surface area (Å²) in [6.45, 7) is 20.2. The second-order valence-corrected chi connectivity index (χ2v) is 18.5. The van der Waals surface area contributed by atoms with Crippen LogP contribution >= 0.6 is 0 Å². The zero-order valence-corrected chi connectivity index (χ0v) is 29.6. The number of amides is 1. The Labute approximate surface area is 274 Å². The van der Waals surface area contributed by atoms with Crippen LogP contribution in [0.3, 0.4) is 0 Å². The molecule has 0 N–H and O–H groups in total. The molecule has 10 nitrogen and oxygen atoms in total. The molecule has 1 atom stereocenters. The molecular weight excluding hydrogens is 602 g/mol. The number of benzene rings is 1. The van der Waals surface area contributed by atoms with E-state index in [1.165, 1.54) is 0 Å². The highest BCUT2D eigenvalue weighted by atomic mass is 28.4. The van der Waals surface area contributed by atoms with E-state index in [1.54, 1.807) is 17.1 Å². The number of ether oxygens (including phenoxy) is 1. The van der Waals surface area contributed by atoms with Gasteiger partial charge in [-0.15, -0.1) is 10.2 Å². The van der Waals surface area contributed by atoms with E-state index >= 15 is 0 Å². The lowest BCUT2D eigenvalue weighted by molar-refractivity contribution is -0.130. The molecule has 1 aliphatic rings. The lowest BCUT2D eigenvalue weighted by Crippen LogP contribution is -2.53. The number of carbonyl (C=O) groups is 1. The number of pyridine rings is 1.